The Morgan fingerprint density at radius 3 is 2.40 bits per heavy atom. The Hall–Kier alpha value is -1.21. The first-order valence-electron chi connectivity index (χ1n) is 6.50. The van der Waals surface area contributed by atoms with Crippen LogP contribution in [0.5, 0.6) is 0 Å². The summed E-state index contributed by atoms with van der Waals surface area (Å²) in [7, 11) is 0. The second-order valence-electron chi connectivity index (χ2n) is 4.58. The normalized spacial score (nSPS) is 18.8. The average Bonchev–Trinajstić information content (AvgIpc) is 3.06. The van der Waals surface area contributed by atoms with E-state index in [2.05, 4.69) is 31.6 Å². The second kappa shape index (κ2) is 6.05. The maximum Gasteiger partial charge on any atom is 0.196 e. The van der Waals surface area contributed by atoms with Crippen molar-refractivity contribution in [2.45, 2.75) is 6.29 Å². The van der Waals surface area contributed by atoms with E-state index in [1.807, 2.05) is 12.1 Å². The number of hydrogen-bond donors (Lipinski definition) is 5. The van der Waals surface area contributed by atoms with Crippen LogP contribution in [0.2, 0.25) is 10.0 Å². The van der Waals surface area contributed by atoms with E-state index < -0.39 is 0 Å². The Kier molecular flexibility index (Phi) is 4.16. The lowest BCUT2D eigenvalue weighted by Crippen LogP contribution is -2.38. The third-order valence-corrected chi connectivity index (χ3v) is 3.69. The van der Waals surface area contributed by atoms with Crippen LogP contribution in [0, 0.1) is 0 Å². The first-order chi connectivity index (χ1) is 9.72. The number of rotatable bonds is 3. The van der Waals surface area contributed by atoms with Gasteiger partial charge in [0.2, 0.25) is 0 Å². The SMILES string of the molecule is Clc1cc(NC2NCCN2)cc(Cl)c1NC1=NCCN1. The highest BCUT2D eigenvalue weighted by atomic mass is 35.5. The summed E-state index contributed by atoms with van der Waals surface area (Å²) in [6, 6.07) is 3.68. The predicted octanol–water partition coefficient (Wildman–Crippen LogP) is 1.25. The van der Waals surface area contributed by atoms with Gasteiger partial charge in [0.05, 0.1) is 22.3 Å². The number of halogens is 2. The molecule has 1 fully saturated rings. The van der Waals surface area contributed by atoms with Crippen LogP contribution in [0.4, 0.5) is 11.4 Å². The molecule has 20 heavy (non-hydrogen) atoms. The van der Waals surface area contributed by atoms with Gasteiger partial charge in [-0.25, -0.2) is 0 Å². The molecule has 0 atom stereocenters. The maximum atomic E-state index is 6.29. The largest absolute Gasteiger partial charge is 0.358 e. The second-order valence-corrected chi connectivity index (χ2v) is 5.40. The quantitative estimate of drug-likeness (QED) is 0.581. The summed E-state index contributed by atoms with van der Waals surface area (Å²) >= 11 is 12.6. The maximum absolute atomic E-state index is 6.29. The van der Waals surface area contributed by atoms with E-state index in [0.29, 0.717) is 21.7 Å². The van der Waals surface area contributed by atoms with Gasteiger partial charge in [-0.2, -0.15) is 0 Å². The van der Waals surface area contributed by atoms with Crippen molar-refractivity contribution in [2.75, 3.05) is 36.8 Å². The van der Waals surface area contributed by atoms with Crippen LogP contribution in [-0.4, -0.2) is 38.4 Å². The molecule has 0 bridgehead atoms. The number of guanidine groups is 1. The Morgan fingerprint density at radius 2 is 1.80 bits per heavy atom. The number of benzene rings is 1. The molecule has 6 nitrogen and oxygen atoms in total. The molecule has 2 heterocycles. The first-order valence-corrected chi connectivity index (χ1v) is 7.26. The van der Waals surface area contributed by atoms with Crippen LogP contribution in [0.15, 0.2) is 17.1 Å². The van der Waals surface area contributed by atoms with Crippen LogP contribution < -0.4 is 26.6 Å². The van der Waals surface area contributed by atoms with E-state index in [1.54, 1.807) is 0 Å². The van der Waals surface area contributed by atoms with Crippen LogP contribution >= 0.6 is 23.2 Å². The molecule has 1 aromatic rings. The third-order valence-electron chi connectivity index (χ3n) is 3.09. The molecule has 3 rings (SSSR count). The number of nitrogens with zero attached hydrogens (tertiary/aromatic N) is 1. The summed E-state index contributed by atoms with van der Waals surface area (Å²) in [4.78, 5) is 4.26. The first kappa shape index (κ1) is 13.8. The van der Waals surface area contributed by atoms with Gasteiger partial charge in [-0.15, -0.1) is 0 Å². The number of nitrogens with one attached hydrogen (secondary N) is 5. The van der Waals surface area contributed by atoms with Gasteiger partial charge in [-0.1, -0.05) is 23.2 Å². The highest BCUT2D eigenvalue weighted by Gasteiger charge is 2.16. The molecule has 0 saturated carbocycles. The van der Waals surface area contributed by atoms with Crippen molar-refractivity contribution in [2.24, 2.45) is 4.99 Å². The molecule has 2 aliphatic heterocycles. The Morgan fingerprint density at radius 1 is 1.10 bits per heavy atom. The fraction of sp³-hybridized carbons (Fsp3) is 0.417. The molecule has 2 aliphatic rings. The molecule has 1 aromatic carbocycles. The predicted molar refractivity (Wildman–Crippen MR) is 83.8 cm³/mol. The van der Waals surface area contributed by atoms with Crippen LogP contribution in [0.3, 0.4) is 0 Å². The van der Waals surface area contributed by atoms with Gasteiger partial charge in [0.15, 0.2) is 5.96 Å². The highest BCUT2D eigenvalue weighted by molar-refractivity contribution is 6.40. The molecular weight excluding hydrogens is 299 g/mol. The van der Waals surface area contributed by atoms with Crippen molar-refractivity contribution in [1.29, 1.82) is 0 Å². The van der Waals surface area contributed by atoms with Gasteiger partial charge >= 0.3 is 0 Å². The standard InChI is InChI=1S/C12H16Cl2N6/c13-8-5-7(19-11-15-1-2-16-11)6-9(14)10(8)20-12-17-3-4-18-12/h5-6,11,15-16,19H,1-4H2,(H2,17,18,20). The minimum absolute atomic E-state index is 0.0433. The molecule has 0 spiro atoms. The zero-order chi connectivity index (χ0) is 13.9. The molecule has 5 N–H and O–H groups in total. The minimum Gasteiger partial charge on any atom is -0.358 e. The summed E-state index contributed by atoms with van der Waals surface area (Å²) in [5.74, 6) is 0.702. The van der Waals surface area contributed by atoms with Crippen molar-refractivity contribution in [1.82, 2.24) is 16.0 Å². The molecule has 0 radical (unpaired) electrons. The molecule has 0 unspecified atom stereocenters. The van der Waals surface area contributed by atoms with Gasteiger partial charge in [0.1, 0.15) is 6.29 Å². The number of anilines is 2. The highest BCUT2D eigenvalue weighted by Crippen LogP contribution is 2.34. The average molecular weight is 315 g/mol. The van der Waals surface area contributed by atoms with Gasteiger partial charge in [-0.3, -0.25) is 15.6 Å². The van der Waals surface area contributed by atoms with E-state index in [9.17, 15) is 0 Å². The summed E-state index contributed by atoms with van der Waals surface area (Å²) in [6.07, 6.45) is 0.0433. The zero-order valence-electron chi connectivity index (χ0n) is 10.8. The molecular formula is C12H16Cl2N6. The van der Waals surface area contributed by atoms with Gasteiger partial charge in [0, 0.05) is 25.3 Å². The van der Waals surface area contributed by atoms with E-state index >= 15 is 0 Å². The fourth-order valence-corrected chi connectivity index (χ4v) is 2.73. The van der Waals surface area contributed by atoms with Crippen molar-refractivity contribution in [3.63, 3.8) is 0 Å². The molecule has 0 amide bonds. The molecule has 108 valence electrons. The molecule has 0 aromatic heterocycles. The molecule has 1 saturated heterocycles. The lowest BCUT2D eigenvalue weighted by Gasteiger charge is -2.17. The van der Waals surface area contributed by atoms with Crippen molar-refractivity contribution >= 4 is 40.5 Å². The fourth-order valence-electron chi connectivity index (χ4n) is 2.15. The van der Waals surface area contributed by atoms with Crippen LogP contribution in [-0.2, 0) is 0 Å². The van der Waals surface area contributed by atoms with Crippen LogP contribution in [0.1, 0.15) is 0 Å². The number of aliphatic imine (C=N–C) groups is 1. The van der Waals surface area contributed by atoms with E-state index in [4.69, 9.17) is 23.2 Å². The van der Waals surface area contributed by atoms with E-state index in [1.165, 1.54) is 0 Å². The minimum atomic E-state index is 0.0433. The van der Waals surface area contributed by atoms with E-state index in [0.717, 1.165) is 31.9 Å². The Bertz CT molecular complexity index is 504. The van der Waals surface area contributed by atoms with Gasteiger partial charge in [-0.05, 0) is 12.1 Å². The Labute approximate surface area is 127 Å². The van der Waals surface area contributed by atoms with Crippen molar-refractivity contribution < 1.29 is 0 Å². The van der Waals surface area contributed by atoms with Gasteiger partial charge < -0.3 is 16.0 Å². The monoisotopic (exact) mass is 314 g/mol. The van der Waals surface area contributed by atoms with E-state index in [-0.39, 0.29) is 6.29 Å². The summed E-state index contributed by atoms with van der Waals surface area (Å²) in [5, 5.41) is 17.1. The van der Waals surface area contributed by atoms with Gasteiger partial charge in [0.25, 0.3) is 0 Å². The lowest BCUT2D eigenvalue weighted by molar-refractivity contribution is 0.620. The van der Waals surface area contributed by atoms with Crippen molar-refractivity contribution in [3.8, 4) is 0 Å². The zero-order valence-corrected chi connectivity index (χ0v) is 12.3. The number of hydrogen-bond acceptors (Lipinski definition) is 6. The summed E-state index contributed by atoms with van der Waals surface area (Å²) in [5.41, 5.74) is 1.53. The topological polar surface area (TPSA) is 72.5 Å². The lowest BCUT2D eigenvalue weighted by atomic mass is 10.2. The third kappa shape index (κ3) is 3.09. The summed E-state index contributed by atoms with van der Waals surface area (Å²) in [6.45, 7) is 3.46. The Balaban J connectivity index is 1.75. The van der Waals surface area contributed by atoms with Crippen LogP contribution in [0.25, 0.3) is 0 Å². The molecule has 0 aliphatic carbocycles. The molecule has 8 heteroatoms. The smallest absolute Gasteiger partial charge is 0.196 e. The summed E-state index contributed by atoms with van der Waals surface area (Å²) < 4.78 is 0. The van der Waals surface area contributed by atoms with Crippen molar-refractivity contribution in [3.05, 3.63) is 22.2 Å².